The second-order valence-electron chi connectivity index (χ2n) is 2.81. The molecule has 0 saturated carbocycles. The summed E-state index contributed by atoms with van der Waals surface area (Å²) in [5.74, 6) is -0.730. The minimum atomic E-state index is -0.932. The van der Waals surface area contributed by atoms with Crippen molar-refractivity contribution in [1.82, 2.24) is 9.97 Å². The highest BCUT2D eigenvalue weighted by Crippen LogP contribution is 2.13. The molecule has 1 rings (SSSR count). The molecule has 0 unspecified atom stereocenters. The molecule has 0 fully saturated rings. The van der Waals surface area contributed by atoms with Gasteiger partial charge in [0.15, 0.2) is 4.77 Å². The number of hydrogen-bond acceptors (Lipinski definition) is 4. The Morgan fingerprint density at radius 3 is 2.86 bits per heavy atom. The summed E-state index contributed by atoms with van der Waals surface area (Å²) >= 11 is 4.83. The van der Waals surface area contributed by atoms with Crippen molar-refractivity contribution in [2.75, 3.05) is 5.73 Å². The Kier molecular flexibility index (Phi) is 3.19. The first-order valence-electron chi connectivity index (χ1n) is 4.14. The summed E-state index contributed by atoms with van der Waals surface area (Å²) in [6.07, 6.45) is 0.521. The van der Waals surface area contributed by atoms with Crippen LogP contribution in [0.5, 0.6) is 0 Å². The third-order valence-corrected chi connectivity index (χ3v) is 2.03. The van der Waals surface area contributed by atoms with Crippen LogP contribution in [-0.2, 0) is 17.6 Å². The van der Waals surface area contributed by atoms with E-state index in [9.17, 15) is 4.79 Å². The number of nitrogens with one attached hydrogen (secondary N) is 1. The van der Waals surface area contributed by atoms with Crippen molar-refractivity contribution in [3.8, 4) is 0 Å². The maximum absolute atomic E-state index is 10.6. The highest BCUT2D eigenvalue weighted by Gasteiger charge is 2.11. The number of carboxylic acids is 1. The van der Waals surface area contributed by atoms with Crippen LogP contribution in [0.4, 0.5) is 5.82 Å². The summed E-state index contributed by atoms with van der Waals surface area (Å²) in [6.45, 7) is 1.89. The Labute approximate surface area is 86.0 Å². The number of aromatic amines is 1. The van der Waals surface area contributed by atoms with Gasteiger partial charge in [0, 0.05) is 11.3 Å². The third-order valence-electron chi connectivity index (χ3n) is 1.83. The fourth-order valence-electron chi connectivity index (χ4n) is 1.21. The first-order valence-corrected chi connectivity index (χ1v) is 4.54. The maximum Gasteiger partial charge on any atom is 0.308 e. The first-order chi connectivity index (χ1) is 6.54. The molecule has 0 spiro atoms. The summed E-state index contributed by atoms with van der Waals surface area (Å²) in [4.78, 5) is 17.2. The van der Waals surface area contributed by atoms with Crippen LogP contribution >= 0.6 is 12.2 Å². The van der Waals surface area contributed by atoms with Crippen LogP contribution in [0.15, 0.2) is 0 Å². The number of nitrogen functional groups attached to an aromatic ring is 1. The number of rotatable bonds is 3. The lowest BCUT2D eigenvalue weighted by Crippen LogP contribution is -2.10. The summed E-state index contributed by atoms with van der Waals surface area (Å²) in [6, 6.07) is 0. The van der Waals surface area contributed by atoms with Crippen molar-refractivity contribution in [3.05, 3.63) is 16.0 Å². The predicted octanol–water partition coefficient (Wildman–Crippen LogP) is 0.911. The number of H-pyrrole nitrogens is 1. The molecule has 76 valence electrons. The Bertz CT molecular complexity index is 414. The molecule has 14 heavy (non-hydrogen) atoms. The molecular weight excluding hydrogens is 202 g/mol. The number of aryl methyl sites for hydroxylation is 1. The molecule has 0 saturated heterocycles. The smallest absolute Gasteiger partial charge is 0.308 e. The molecular formula is C8H11N3O2S. The van der Waals surface area contributed by atoms with Crippen molar-refractivity contribution in [1.29, 1.82) is 0 Å². The van der Waals surface area contributed by atoms with Gasteiger partial charge in [0.25, 0.3) is 0 Å². The van der Waals surface area contributed by atoms with Gasteiger partial charge in [-0.2, -0.15) is 0 Å². The number of hydrogen-bond donors (Lipinski definition) is 3. The van der Waals surface area contributed by atoms with Gasteiger partial charge in [-0.25, -0.2) is 4.98 Å². The zero-order valence-corrected chi connectivity index (χ0v) is 8.52. The molecule has 5 nitrogen and oxygen atoms in total. The van der Waals surface area contributed by atoms with Crippen LogP contribution in [0, 0.1) is 4.77 Å². The van der Waals surface area contributed by atoms with E-state index in [1.165, 1.54) is 0 Å². The van der Waals surface area contributed by atoms with Crippen molar-refractivity contribution in [2.24, 2.45) is 0 Å². The van der Waals surface area contributed by atoms with Crippen LogP contribution < -0.4 is 5.73 Å². The number of nitrogens with two attached hydrogens (primary N) is 1. The van der Waals surface area contributed by atoms with Gasteiger partial charge >= 0.3 is 5.97 Å². The maximum atomic E-state index is 10.6. The van der Waals surface area contributed by atoms with Gasteiger partial charge in [0.1, 0.15) is 5.82 Å². The highest BCUT2D eigenvalue weighted by atomic mass is 32.1. The van der Waals surface area contributed by atoms with Gasteiger partial charge in [-0.1, -0.05) is 6.92 Å². The van der Waals surface area contributed by atoms with Gasteiger partial charge in [-0.3, -0.25) is 4.79 Å². The van der Waals surface area contributed by atoms with E-state index in [0.29, 0.717) is 12.0 Å². The van der Waals surface area contributed by atoms with Crippen LogP contribution in [0.1, 0.15) is 18.2 Å². The van der Waals surface area contributed by atoms with Gasteiger partial charge in [0.2, 0.25) is 0 Å². The molecule has 0 amide bonds. The van der Waals surface area contributed by atoms with Crippen molar-refractivity contribution >= 4 is 24.0 Å². The van der Waals surface area contributed by atoms with Crippen molar-refractivity contribution in [2.45, 2.75) is 19.8 Å². The Morgan fingerprint density at radius 2 is 2.36 bits per heavy atom. The standard InChI is InChI=1S/C8H11N3O2S/c1-2-5-4(3-6(12)13)7(9)11-8(14)10-5/h2-3H2,1H3,(H,12,13)(H3,9,10,11,14). The van der Waals surface area contributed by atoms with E-state index in [-0.39, 0.29) is 17.0 Å². The molecule has 6 heteroatoms. The molecule has 0 aliphatic rings. The Hall–Kier alpha value is -1.43. The molecule has 1 heterocycles. The minimum absolute atomic E-state index is 0.131. The van der Waals surface area contributed by atoms with E-state index in [0.717, 1.165) is 5.69 Å². The second kappa shape index (κ2) is 4.19. The van der Waals surface area contributed by atoms with E-state index >= 15 is 0 Å². The average molecular weight is 213 g/mol. The van der Waals surface area contributed by atoms with Gasteiger partial charge in [0.05, 0.1) is 6.42 Å². The van der Waals surface area contributed by atoms with E-state index in [2.05, 4.69) is 9.97 Å². The topological polar surface area (TPSA) is 92.0 Å². The molecule has 0 aromatic carbocycles. The van der Waals surface area contributed by atoms with Gasteiger partial charge in [-0.05, 0) is 18.6 Å². The van der Waals surface area contributed by atoms with Crippen LogP contribution in [0.25, 0.3) is 0 Å². The Morgan fingerprint density at radius 1 is 1.71 bits per heavy atom. The summed E-state index contributed by atoms with van der Waals surface area (Å²) in [5.41, 5.74) is 6.85. The Balaban J connectivity index is 3.25. The molecule has 0 bridgehead atoms. The number of nitrogens with zero attached hydrogens (tertiary/aromatic N) is 1. The summed E-state index contributed by atoms with van der Waals surface area (Å²) < 4.78 is 0.286. The quantitative estimate of drug-likeness (QED) is 0.649. The largest absolute Gasteiger partial charge is 0.481 e. The van der Waals surface area contributed by atoms with Gasteiger partial charge in [-0.15, -0.1) is 0 Å². The summed E-state index contributed by atoms with van der Waals surface area (Å²) in [5, 5.41) is 8.66. The van der Waals surface area contributed by atoms with Crippen LogP contribution in [-0.4, -0.2) is 21.0 Å². The molecule has 0 atom stereocenters. The highest BCUT2D eigenvalue weighted by molar-refractivity contribution is 7.71. The zero-order valence-electron chi connectivity index (χ0n) is 7.70. The number of carboxylic acid groups (broad SMARTS) is 1. The van der Waals surface area contributed by atoms with Crippen LogP contribution in [0.2, 0.25) is 0 Å². The number of aliphatic carboxylic acids is 1. The van der Waals surface area contributed by atoms with E-state index in [1.807, 2.05) is 6.92 Å². The predicted molar refractivity (Wildman–Crippen MR) is 54.6 cm³/mol. The lowest BCUT2D eigenvalue weighted by atomic mass is 10.1. The fraction of sp³-hybridized carbons (Fsp3) is 0.375. The normalized spacial score (nSPS) is 10.1. The molecule has 4 N–H and O–H groups in total. The number of aromatic nitrogens is 2. The van der Waals surface area contributed by atoms with E-state index < -0.39 is 5.97 Å². The molecule has 0 aliphatic heterocycles. The van der Waals surface area contributed by atoms with Gasteiger partial charge < -0.3 is 15.8 Å². The number of carbonyl (C=O) groups is 1. The van der Waals surface area contributed by atoms with Crippen molar-refractivity contribution < 1.29 is 9.90 Å². The molecule has 0 radical (unpaired) electrons. The van der Waals surface area contributed by atoms with Crippen molar-refractivity contribution in [3.63, 3.8) is 0 Å². The SMILES string of the molecule is CCc1[nH]c(=S)nc(N)c1CC(=O)O. The zero-order chi connectivity index (χ0) is 10.7. The first kappa shape index (κ1) is 10.6. The fourth-order valence-corrected chi connectivity index (χ4v) is 1.44. The summed E-state index contributed by atoms with van der Waals surface area (Å²) in [7, 11) is 0. The lowest BCUT2D eigenvalue weighted by Gasteiger charge is -2.07. The molecule has 1 aromatic heterocycles. The molecule has 0 aliphatic carbocycles. The lowest BCUT2D eigenvalue weighted by molar-refractivity contribution is -0.136. The van der Waals surface area contributed by atoms with E-state index in [4.69, 9.17) is 23.1 Å². The average Bonchev–Trinajstić information content (AvgIpc) is 2.08. The minimum Gasteiger partial charge on any atom is -0.481 e. The molecule has 1 aromatic rings. The second-order valence-corrected chi connectivity index (χ2v) is 3.20. The monoisotopic (exact) mass is 213 g/mol. The van der Waals surface area contributed by atoms with E-state index in [1.54, 1.807) is 0 Å². The van der Waals surface area contributed by atoms with Crippen LogP contribution in [0.3, 0.4) is 0 Å². The third kappa shape index (κ3) is 2.29. The number of anilines is 1.